The van der Waals surface area contributed by atoms with Gasteiger partial charge in [-0.15, -0.1) is 11.3 Å². The monoisotopic (exact) mass is 351 g/mol. The highest BCUT2D eigenvalue weighted by molar-refractivity contribution is 9.11. The van der Waals surface area contributed by atoms with Crippen molar-refractivity contribution in [2.75, 3.05) is 5.73 Å². The third-order valence-corrected chi connectivity index (χ3v) is 4.12. The van der Waals surface area contributed by atoms with Crippen molar-refractivity contribution >= 4 is 33.0 Å². The van der Waals surface area contributed by atoms with Crippen molar-refractivity contribution in [3.05, 3.63) is 46.1 Å². The molecular weight excluding hydrogens is 342 g/mol. The molecule has 5 nitrogen and oxygen atoms in total. The van der Waals surface area contributed by atoms with Crippen molar-refractivity contribution in [3.8, 4) is 16.5 Å². The Morgan fingerprint density at radius 1 is 1.20 bits per heavy atom. The number of thiophene rings is 1. The Bertz CT molecular complexity index is 708. The van der Waals surface area contributed by atoms with Crippen molar-refractivity contribution in [3.63, 3.8) is 0 Å². The van der Waals surface area contributed by atoms with E-state index in [2.05, 4.69) is 26.1 Å². The molecule has 3 aromatic rings. The molecule has 0 bridgehead atoms. The van der Waals surface area contributed by atoms with Gasteiger partial charge in [0.25, 0.3) is 5.89 Å². The zero-order valence-electron chi connectivity index (χ0n) is 10.2. The summed E-state index contributed by atoms with van der Waals surface area (Å²) >= 11 is 4.95. The fourth-order valence-corrected chi connectivity index (χ4v) is 2.87. The van der Waals surface area contributed by atoms with Crippen LogP contribution in [0.5, 0.6) is 5.75 Å². The van der Waals surface area contributed by atoms with E-state index in [9.17, 15) is 0 Å². The van der Waals surface area contributed by atoms with Crippen LogP contribution >= 0.6 is 27.3 Å². The van der Waals surface area contributed by atoms with Gasteiger partial charge in [-0.05, 0) is 52.3 Å². The van der Waals surface area contributed by atoms with Crippen LogP contribution in [0.15, 0.2) is 44.7 Å². The lowest BCUT2D eigenvalue weighted by atomic mass is 10.3. The Hall–Kier alpha value is -1.86. The first-order valence-electron chi connectivity index (χ1n) is 5.77. The molecule has 0 spiro atoms. The Labute approximate surface area is 127 Å². The highest BCUT2D eigenvalue weighted by Crippen LogP contribution is 2.29. The average molecular weight is 352 g/mol. The van der Waals surface area contributed by atoms with Crippen molar-refractivity contribution in [1.29, 1.82) is 0 Å². The van der Waals surface area contributed by atoms with Crippen LogP contribution < -0.4 is 10.5 Å². The number of nitrogens with zero attached hydrogens (tertiary/aromatic N) is 2. The van der Waals surface area contributed by atoms with Gasteiger partial charge in [0.2, 0.25) is 5.82 Å². The second-order valence-corrected chi connectivity index (χ2v) is 6.44. The zero-order valence-corrected chi connectivity index (χ0v) is 12.6. The van der Waals surface area contributed by atoms with Crippen LogP contribution in [-0.4, -0.2) is 10.1 Å². The first-order valence-corrected chi connectivity index (χ1v) is 7.38. The summed E-state index contributed by atoms with van der Waals surface area (Å²) in [4.78, 5) is 5.23. The van der Waals surface area contributed by atoms with Crippen LogP contribution in [0.25, 0.3) is 10.7 Å². The normalized spacial score (nSPS) is 10.7. The van der Waals surface area contributed by atoms with E-state index in [0.717, 1.165) is 8.66 Å². The second-order valence-electron chi connectivity index (χ2n) is 3.97. The number of ether oxygens (including phenoxy) is 1. The van der Waals surface area contributed by atoms with E-state index < -0.39 is 0 Å². The lowest BCUT2D eigenvalue weighted by molar-refractivity contribution is 0.243. The highest BCUT2D eigenvalue weighted by Gasteiger charge is 2.11. The molecule has 2 heterocycles. The minimum absolute atomic E-state index is 0.226. The van der Waals surface area contributed by atoms with Crippen molar-refractivity contribution in [2.45, 2.75) is 6.61 Å². The highest BCUT2D eigenvalue weighted by atomic mass is 79.9. The molecule has 0 aliphatic carbocycles. The fourth-order valence-electron chi connectivity index (χ4n) is 1.56. The molecule has 20 heavy (non-hydrogen) atoms. The van der Waals surface area contributed by atoms with Gasteiger partial charge >= 0.3 is 0 Å². The van der Waals surface area contributed by atoms with Crippen LogP contribution in [0.2, 0.25) is 0 Å². The summed E-state index contributed by atoms with van der Waals surface area (Å²) in [5.74, 6) is 1.70. The van der Waals surface area contributed by atoms with E-state index in [1.54, 1.807) is 35.6 Å². The number of nitrogens with two attached hydrogens (primary N) is 1. The third-order valence-electron chi connectivity index (χ3n) is 2.50. The number of anilines is 1. The van der Waals surface area contributed by atoms with E-state index >= 15 is 0 Å². The van der Waals surface area contributed by atoms with Gasteiger partial charge in [-0.25, -0.2) is 0 Å². The van der Waals surface area contributed by atoms with Gasteiger partial charge in [-0.2, -0.15) is 4.98 Å². The summed E-state index contributed by atoms with van der Waals surface area (Å²) < 4.78 is 11.7. The van der Waals surface area contributed by atoms with Gasteiger partial charge in [-0.3, -0.25) is 0 Å². The summed E-state index contributed by atoms with van der Waals surface area (Å²) in [6.45, 7) is 0.226. The Balaban J connectivity index is 1.67. The summed E-state index contributed by atoms with van der Waals surface area (Å²) in [5, 5.41) is 3.93. The summed E-state index contributed by atoms with van der Waals surface area (Å²) in [7, 11) is 0. The minimum Gasteiger partial charge on any atom is -0.484 e. The SMILES string of the molecule is Nc1ccc(OCc2nc(-c3ccc(Br)s3)no2)cc1. The Morgan fingerprint density at radius 3 is 2.70 bits per heavy atom. The van der Waals surface area contributed by atoms with Crippen LogP contribution in [0.4, 0.5) is 5.69 Å². The topological polar surface area (TPSA) is 74.2 Å². The number of aromatic nitrogens is 2. The number of benzene rings is 1. The van der Waals surface area contributed by atoms with Gasteiger partial charge < -0.3 is 15.0 Å². The van der Waals surface area contributed by atoms with Gasteiger partial charge in [0.05, 0.1) is 8.66 Å². The number of halogens is 1. The number of hydrogen-bond acceptors (Lipinski definition) is 6. The second kappa shape index (κ2) is 5.64. The molecule has 0 unspecified atom stereocenters. The van der Waals surface area contributed by atoms with Crippen molar-refractivity contribution < 1.29 is 9.26 Å². The predicted molar refractivity (Wildman–Crippen MR) is 80.5 cm³/mol. The molecular formula is C13H10BrN3O2S. The van der Waals surface area contributed by atoms with E-state index in [1.165, 1.54) is 0 Å². The third kappa shape index (κ3) is 3.00. The van der Waals surface area contributed by atoms with Crippen LogP contribution in [0.1, 0.15) is 5.89 Å². The van der Waals surface area contributed by atoms with Gasteiger partial charge in [0, 0.05) is 5.69 Å². The molecule has 0 atom stereocenters. The van der Waals surface area contributed by atoms with Crippen molar-refractivity contribution in [1.82, 2.24) is 10.1 Å². The van der Waals surface area contributed by atoms with E-state index in [0.29, 0.717) is 23.2 Å². The predicted octanol–water partition coefficient (Wildman–Crippen LogP) is 3.72. The van der Waals surface area contributed by atoms with E-state index in [1.807, 2.05) is 12.1 Å². The molecule has 3 rings (SSSR count). The van der Waals surface area contributed by atoms with Gasteiger partial charge in [0.1, 0.15) is 5.75 Å². The van der Waals surface area contributed by atoms with E-state index in [-0.39, 0.29) is 6.61 Å². The van der Waals surface area contributed by atoms with Crippen LogP contribution in [0.3, 0.4) is 0 Å². The molecule has 0 saturated carbocycles. The minimum atomic E-state index is 0.226. The van der Waals surface area contributed by atoms with E-state index in [4.69, 9.17) is 15.0 Å². The smallest absolute Gasteiger partial charge is 0.264 e. The molecule has 2 N–H and O–H groups in total. The molecule has 7 heteroatoms. The standard InChI is InChI=1S/C13H10BrN3O2S/c14-11-6-5-10(20-11)13-16-12(19-17-13)7-18-9-3-1-8(15)2-4-9/h1-6H,7,15H2. The lowest BCUT2D eigenvalue weighted by Crippen LogP contribution is -1.95. The quantitative estimate of drug-likeness (QED) is 0.725. The number of hydrogen-bond donors (Lipinski definition) is 1. The number of rotatable bonds is 4. The maximum atomic E-state index is 5.60. The maximum absolute atomic E-state index is 5.60. The summed E-state index contributed by atoms with van der Waals surface area (Å²) in [5.41, 5.74) is 6.30. The Kier molecular flexibility index (Phi) is 3.70. The number of nitrogen functional groups attached to an aromatic ring is 1. The summed E-state index contributed by atoms with van der Waals surface area (Å²) in [6, 6.07) is 11.0. The first-order chi connectivity index (χ1) is 9.70. The largest absolute Gasteiger partial charge is 0.484 e. The molecule has 0 saturated heterocycles. The molecule has 102 valence electrons. The fraction of sp³-hybridized carbons (Fsp3) is 0.0769. The molecule has 0 aliphatic heterocycles. The van der Waals surface area contributed by atoms with Crippen LogP contribution in [0, 0.1) is 0 Å². The van der Waals surface area contributed by atoms with Gasteiger partial charge in [-0.1, -0.05) is 5.16 Å². The zero-order chi connectivity index (χ0) is 13.9. The maximum Gasteiger partial charge on any atom is 0.264 e. The molecule has 2 aromatic heterocycles. The Morgan fingerprint density at radius 2 is 2.00 bits per heavy atom. The average Bonchev–Trinajstić information content (AvgIpc) is 3.07. The van der Waals surface area contributed by atoms with Crippen LogP contribution in [-0.2, 0) is 6.61 Å². The molecule has 0 aliphatic rings. The molecule has 1 aromatic carbocycles. The molecule has 0 amide bonds. The molecule has 0 radical (unpaired) electrons. The lowest BCUT2D eigenvalue weighted by Gasteiger charge is -2.02. The first kappa shape index (κ1) is 13.1. The molecule has 0 fully saturated rings. The van der Waals surface area contributed by atoms with Crippen molar-refractivity contribution in [2.24, 2.45) is 0 Å². The summed E-state index contributed by atoms with van der Waals surface area (Å²) in [6.07, 6.45) is 0. The van der Waals surface area contributed by atoms with Gasteiger partial charge in [0.15, 0.2) is 6.61 Å².